The van der Waals surface area contributed by atoms with Gasteiger partial charge in [0.2, 0.25) is 17.7 Å². The van der Waals surface area contributed by atoms with Crippen LogP contribution in [0.3, 0.4) is 0 Å². The molecule has 47 heavy (non-hydrogen) atoms. The molecule has 4 rings (SSSR count). The largest absolute Gasteiger partial charge is 0.382 e. The summed E-state index contributed by atoms with van der Waals surface area (Å²) < 4.78 is 16.0. The molecule has 11 nitrogen and oxygen atoms in total. The first kappa shape index (κ1) is 36.2. The van der Waals surface area contributed by atoms with Crippen molar-refractivity contribution < 1.29 is 33.4 Å². The number of amides is 3. The molecule has 0 spiro atoms. The Labute approximate surface area is 278 Å². The van der Waals surface area contributed by atoms with Crippen LogP contribution in [0.2, 0.25) is 0 Å². The summed E-state index contributed by atoms with van der Waals surface area (Å²) in [6, 6.07) is 14.9. The molecule has 11 heteroatoms. The van der Waals surface area contributed by atoms with E-state index in [1.54, 1.807) is 6.92 Å². The first-order valence-corrected chi connectivity index (χ1v) is 16.6. The fraction of sp³-hybridized carbons (Fsp3) is 0.556. The summed E-state index contributed by atoms with van der Waals surface area (Å²) in [6.07, 6.45) is 1.40. The fourth-order valence-corrected chi connectivity index (χ4v) is 5.65. The highest BCUT2D eigenvalue weighted by molar-refractivity contribution is 5.98. The number of ether oxygens (including phenoxy) is 3. The van der Waals surface area contributed by atoms with E-state index in [4.69, 9.17) is 14.2 Å². The van der Waals surface area contributed by atoms with Gasteiger partial charge in [0, 0.05) is 26.7 Å². The average Bonchev–Trinajstić information content (AvgIpc) is 3.81. The van der Waals surface area contributed by atoms with Crippen molar-refractivity contribution in [2.24, 2.45) is 5.92 Å². The lowest BCUT2D eigenvalue weighted by atomic mass is 9.93. The van der Waals surface area contributed by atoms with Crippen molar-refractivity contribution >= 4 is 23.5 Å². The molecule has 0 unspecified atom stereocenters. The molecule has 2 fully saturated rings. The molecule has 2 saturated heterocycles. The van der Waals surface area contributed by atoms with E-state index < -0.39 is 35.5 Å². The number of epoxide rings is 1. The zero-order valence-corrected chi connectivity index (χ0v) is 28.1. The number of carbonyl (C=O) groups is 4. The van der Waals surface area contributed by atoms with Crippen molar-refractivity contribution in [3.63, 3.8) is 0 Å². The van der Waals surface area contributed by atoms with Crippen LogP contribution >= 0.6 is 0 Å². The molecule has 2 aromatic carbocycles. The molecule has 3 amide bonds. The lowest BCUT2D eigenvalue weighted by Gasteiger charge is -2.26. The molecule has 2 aliphatic heterocycles. The normalized spacial score (nSPS) is 19.8. The summed E-state index contributed by atoms with van der Waals surface area (Å²) in [5.74, 6) is -1.39. The first-order chi connectivity index (χ1) is 22.6. The van der Waals surface area contributed by atoms with E-state index in [9.17, 15) is 19.2 Å². The number of nitrogens with zero attached hydrogens (tertiary/aromatic N) is 1. The highest BCUT2D eigenvalue weighted by Gasteiger charge is 2.50. The van der Waals surface area contributed by atoms with E-state index in [1.807, 2.05) is 68.4 Å². The van der Waals surface area contributed by atoms with Crippen molar-refractivity contribution in [1.29, 1.82) is 0 Å². The lowest BCUT2D eigenvalue weighted by molar-refractivity contribution is -0.135. The third-order valence-corrected chi connectivity index (χ3v) is 8.52. The van der Waals surface area contributed by atoms with Crippen LogP contribution in [0.4, 0.5) is 0 Å². The van der Waals surface area contributed by atoms with Crippen molar-refractivity contribution in [2.75, 3.05) is 46.6 Å². The molecule has 0 saturated carbocycles. The zero-order valence-electron chi connectivity index (χ0n) is 28.1. The Bertz CT molecular complexity index is 1320. The molecular formula is C36H50N4O7. The van der Waals surface area contributed by atoms with Crippen LogP contribution in [0.5, 0.6) is 0 Å². The van der Waals surface area contributed by atoms with Gasteiger partial charge in [0.05, 0.1) is 38.9 Å². The number of benzene rings is 2. The number of aryl methyl sites for hydroxylation is 1. The monoisotopic (exact) mass is 650 g/mol. The Morgan fingerprint density at radius 1 is 0.851 bits per heavy atom. The molecule has 0 bridgehead atoms. The van der Waals surface area contributed by atoms with Crippen LogP contribution in [0.1, 0.15) is 50.3 Å². The fourth-order valence-electron chi connectivity index (χ4n) is 5.65. The minimum absolute atomic E-state index is 0.106. The van der Waals surface area contributed by atoms with Gasteiger partial charge in [-0.05, 0) is 48.8 Å². The van der Waals surface area contributed by atoms with Gasteiger partial charge in [-0.1, -0.05) is 68.4 Å². The van der Waals surface area contributed by atoms with E-state index in [0.29, 0.717) is 25.9 Å². The predicted molar refractivity (Wildman–Crippen MR) is 177 cm³/mol. The van der Waals surface area contributed by atoms with Crippen LogP contribution in [-0.4, -0.2) is 98.8 Å². The number of Topliss-reactive ketones (excluding diaryl/α,β-unsaturated/α-hetero) is 1. The molecular weight excluding hydrogens is 600 g/mol. The Kier molecular flexibility index (Phi) is 13.5. The smallest absolute Gasteiger partial charge is 0.245 e. The minimum atomic E-state index is -1.07. The zero-order chi connectivity index (χ0) is 33.8. The molecule has 2 heterocycles. The summed E-state index contributed by atoms with van der Waals surface area (Å²) >= 11 is 0. The van der Waals surface area contributed by atoms with Gasteiger partial charge in [-0.2, -0.15) is 0 Å². The van der Waals surface area contributed by atoms with E-state index in [-0.39, 0.29) is 30.6 Å². The van der Waals surface area contributed by atoms with Crippen LogP contribution in [0.15, 0.2) is 54.6 Å². The van der Waals surface area contributed by atoms with Gasteiger partial charge >= 0.3 is 0 Å². The maximum Gasteiger partial charge on any atom is 0.245 e. The Hall–Kier alpha value is -3.64. The van der Waals surface area contributed by atoms with Crippen LogP contribution in [0.25, 0.3) is 0 Å². The summed E-state index contributed by atoms with van der Waals surface area (Å²) in [6.45, 7) is 9.95. The highest BCUT2D eigenvalue weighted by atomic mass is 16.6. The molecule has 0 aliphatic carbocycles. The topological polar surface area (TPSA) is 139 Å². The second-order valence-corrected chi connectivity index (χ2v) is 13.1. The van der Waals surface area contributed by atoms with Crippen LogP contribution in [0, 0.1) is 5.92 Å². The maximum absolute atomic E-state index is 13.7. The number of rotatable bonds is 18. The number of nitrogens with one attached hydrogen (secondary N) is 3. The van der Waals surface area contributed by atoms with E-state index in [0.717, 1.165) is 49.5 Å². The highest BCUT2D eigenvalue weighted by Crippen LogP contribution is 2.29. The Balaban J connectivity index is 1.40. The second-order valence-electron chi connectivity index (χ2n) is 13.1. The Morgan fingerprint density at radius 3 is 2.09 bits per heavy atom. The SMILES string of the molecule is COC[C@H](NC(=O)[C@H](CCc1ccccc1)NC(=O)Cc1ccc(CN2CCOCC2)cc1)C(=O)N[C@@H](CC(C)C)C(=O)[C@@]1(C)CO1. The van der Waals surface area contributed by atoms with E-state index in [1.165, 1.54) is 7.11 Å². The van der Waals surface area contributed by atoms with Gasteiger partial charge in [0.25, 0.3) is 0 Å². The minimum Gasteiger partial charge on any atom is -0.382 e. The van der Waals surface area contributed by atoms with Gasteiger partial charge in [0.1, 0.15) is 17.7 Å². The van der Waals surface area contributed by atoms with Crippen LogP contribution in [-0.2, 0) is 52.8 Å². The summed E-state index contributed by atoms with van der Waals surface area (Å²) in [7, 11) is 1.43. The number of methoxy groups -OCH3 is 1. The van der Waals surface area contributed by atoms with E-state index >= 15 is 0 Å². The molecule has 0 radical (unpaired) electrons. The molecule has 256 valence electrons. The summed E-state index contributed by atoms with van der Waals surface area (Å²) in [5, 5.41) is 8.50. The number of carbonyl (C=O) groups excluding carboxylic acids is 4. The first-order valence-electron chi connectivity index (χ1n) is 16.6. The molecule has 2 aromatic rings. The van der Waals surface area contributed by atoms with Gasteiger partial charge < -0.3 is 30.2 Å². The van der Waals surface area contributed by atoms with Crippen molar-refractivity contribution in [1.82, 2.24) is 20.9 Å². The number of hydrogen-bond acceptors (Lipinski definition) is 8. The number of ketones is 1. The maximum atomic E-state index is 13.7. The Morgan fingerprint density at radius 2 is 1.47 bits per heavy atom. The summed E-state index contributed by atoms with van der Waals surface area (Å²) in [4.78, 5) is 55.8. The standard InChI is InChI=1S/C36H50N4O7/c1-25(2)20-30(33(42)36(3)24-47-36)38-35(44)31(23-45-4)39-34(43)29(15-14-26-8-6-5-7-9-26)37-32(41)21-27-10-12-28(13-11-27)22-40-16-18-46-19-17-40/h5-13,25,29-31H,14-24H2,1-4H3,(H,37,41)(H,38,44)(H,39,43)/t29-,30-,31-,36+/m0/s1. The average molecular weight is 651 g/mol. The van der Waals surface area contributed by atoms with Gasteiger partial charge in [0.15, 0.2) is 5.78 Å². The molecule has 2 aliphatic rings. The quantitative estimate of drug-likeness (QED) is 0.209. The van der Waals surface area contributed by atoms with Crippen molar-refractivity contribution in [2.45, 2.75) is 76.7 Å². The third-order valence-electron chi connectivity index (χ3n) is 8.52. The van der Waals surface area contributed by atoms with Gasteiger partial charge in [-0.25, -0.2) is 0 Å². The second kappa shape index (κ2) is 17.5. The lowest BCUT2D eigenvalue weighted by Crippen LogP contribution is -2.58. The molecule has 3 N–H and O–H groups in total. The number of hydrogen-bond donors (Lipinski definition) is 3. The predicted octanol–water partition coefficient (Wildman–Crippen LogP) is 2.20. The van der Waals surface area contributed by atoms with Crippen LogP contribution < -0.4 is 16.0 Å². The van der Waals surface area contributed by atoms with Crippen molar-refractivity contribution in [3.05, 3.63) is 71.3 Å². The van der Waals surface area contributed by atoms with Gasteiger partial charge in [-0.3, -0.25) is 24.1 Å². The van der Waals surface area contributed by atoms with Gasteiger partial charge in [-0.15, -0.1) is 0 Å². The molecule has 4 atom stereocenters. The number of morpholine rings is 1. The molecule has 0 aromatic heterocycles. The third kappa shape index (κ3) is 11.5. The van der Waals surface area contributed by atoms with E-state index in [2.05, 4.69) is 20.9 Å². The van der Waals surface area contributed by atoms with Crippen molar-refractivity contribution in [3.8, 4) is 0 Å². The summed E-state index contributed by atoms with van der Waals surface area (Å²) in [5.41, 5.74) is 2.12.